The van der Waals surface area contributed by atoms with Crippen molar-refractivity contribution in [1.29, 1.82) is 0 Å². The van der Waals surface area contributed by atoms with Crippen LogP contribution in [0.25, 0.3) is 43.7 Å². The van der Waals surface area contributed by atoms with E-state index in [1.165, 1.54) is 52.7 Å². The number of aryl methyl sites for hydroxylation is 2. The molecule has 10 heteroatoms. The molecule has 6 aromatic rings. The predicted molar refractivity (Wildman–Crippen MR) is 252 cm³/mol. The Labute approximate surface area is 357 Å². The van der Waals surface area contributed by atoms with E-state index in [9.17, 15) is 0 Å². The van der Waals surface area contributed by atoms with Crippen LogP contribution in [0.3, 0.4) is 0 Å². The van der Waals surface area contributed by atoms with Crippen LogP contribution in [0.1, 0.15) is 66.1 Å². The number of thiazole rings is 2. The standard InChI is InChI=1S/C49H58N8S2/c1-54-42-20-10-12-22-44(42)58-46(54)30-36-24-28-56(40-18-8-6-16-38(36)40)48(32-50,33-51)26-14-4-3-5-15-27-49(34-52,35-53)57-29-25-37(39-17-7-9-19-41(39)57)31-47-55(2)43-21-11-13-23-45(43)59-47/h6-13,16-25,28-31H,3-5,14-15,26-27,32-35,50-53H2,1-2H3/q+2. The quantitative estimate of drug-likeness (QED) is 0.0577. The lowest BCUT2D eigenvalue weighted by molar-refractivity contribution is -0.642. The number of rotatable bonds is 16. The molecule has 304 valence electrons. The van der Waals surface area contributed by atoms with Gasteiger partial charge in [0.15, 0.2) is 0 Å². The number of benzene rings is 4. The van der Waals surface area contributed by atoms with Crippen LogP contribution in [-0.2, 0) is 14.1 Å². The topological polar surface area (TPSA) is 118 Å². The molecular formula is C49H58N8S2+2. The second-order valence-electron chi connectivity index (χ2n) is 16.1. The number of hydrogen-bond acceptors (Lipinski definition) is 8. The summed E-state index contributed by atoms with van der Waals surface area (Å²) >= 11 is 3.63. The van der Waals surface area contributed by atoms with Crippen molar-refractivity contribution < 1.29 is 9.13 Å². The maximum Gasteiger partial charge on any atom is 0.263 e. The third kappa shape index (κ3) is 7.81. The van der Waals surface area contributed by atoms with Gasteiger partial charge in [-0.3, -0.25) is 0 Å². The fourth-order valence-electron chi connectivity index (χ4n) is 8.99. The third-order valence-electron chi connectivity index (χ3n) is 12.7. The first-order valence-corrected chi connectivity index (χ1v) is 22.6. The molecular weight excluding hydrogens is 765 g/mol. The Morgan fingerprint density at radius 1 is 0.508 bits per heavy atom. The van der Waals surface area contributed by atoms with Gasteiger partial charge < -0.3 is 32.7 Å². The highest BCUT2D eigenvalue weighted by molar-refractivity contribution is 7.19. The molecule has 0 fully saturated rings. The van der Waals surface area contributed by atoms with Gasteiger partial charge in [0.1, 0.15) is 23.5 Å². The highest BCUT2D eigenvalue weighted by Crippen LogP contribution is 2.41. The molecule has 0 atom stereocenters. The predicted octanol–water partition coefficient (Wildman–Crippen LogP) is 8.26. The van der Waals surface area contributed by atoms with E-state index in [1.54, 1.807) is 0 Å². The highest BCUT2D eigenvalue weighted by atomic mass is 32.1. The number of nitrogens with zero attached hydrogens (tertiary/aromatic N) is 4. The summed E-state index contributed by atoms with van der Waals surface area (Å²) < 4.78 is 7.12. The van der Waals surface area contributed by atoms with Crippen molar-refractivity contribution in [2.45, 2.75) is 56.0 Å². The normalized spacial score (nSPS) is 15.6. The molecule has 0 radical (unpaired) electrons. The largest absolute Gasteiger partial charge is 0.339 e. The second-order valence-corrected chi connectivity index (χ2v) is 18.2. The molecule has 4 aromatic carbocycles. The lowest BCUT2D eigenvalue weighted by Crippen LogP contribution is -2.57. The minimum atomic E-state index is -0.371. The molecule has 0 spiro atoms. The number of nitrogens with two attached hydrogens (primary N) is 4. The van der Waals surface area contributed by atoms with Crippen molar-refractivity contribution in [3.8, 4) is 0 Å². The number of hydrogen-bond donors (Lipinski definition) is 4. The van der Waals surface area contributed by atoms with E-state index < -0.39 is 0 Å². The summed E-state index contributed by atoms with van der Waals surface area (Å²) in [5, 5.41) is 2.43. The minimum Gasteiger partial charge on any atom is -0.339 e. The summed E-state index contributed by atoms with van der Waals surface area (Å²) in [6.07, 6.45) is 20.8. The average molecular weight is 823 g/mol. The van der Waals surface area contributed by atoms with Crippen molar-refractivity contribution in [1.82, 2.24) is 0 Å². The molecule has 2 aromatic heterocycles. The maximum atomic E-state index is 6.63. The summed E-state index contributed by atoms with van der Waals surface area (Å²) in [5.41, 5.74) is 35.4. The first kappa shape index (κ1) is 40.8. The first-order valence-electron chi connectivity index (χ1n) is 21.0. The fourth-order valence-corrected chi connectivity index (χ4v) is 11.2. The van der Waals surface area contributed by atoms with Crippen LogP contribution in [-0.4, -0.2) is 37.3 Å². The molecule has 8 rings (SSSR count). The first-order chi connectivity index (χ1) is 28.8. The van der Waals surface area contributed by atoms with Crippen molar-refractivity contribution >= 4 is 77.8 Å². The van der Waals surface area contributed by atoms with Gasteiger partial charge in [-0.15, -0.1) is 0 Å². The Bertz CT molecular complexity index is 2380. The van der Waals surface area contributed by atoms with Gasteiger partial charge in [-0.1, -0.05) is 115 Å². The molecule has 8 nitrogen and oxygen atoms in total. The number of para-hydroxylation sites is 4. The summed E-state index contributed by atoms with van der Waals surface area (Å²) in [6.45, 7) is 1.91. The van der Waals surface area contributed by atoms with E-state index in [1.807, 2.05) is 22.7 Å². The van der Waals surface area contributed by atoms with Gasteiger partial charge in [0, 0.05) is 85.4 Å². The monoisotopic (exact) mass is 822 g/mol. The highest BCUT2D eigenvalue weighted by Gasteiger charge is 2.37. The summed E-state index contributed by atoms with van der Waals surface area (Å²) in [6, 6.07) is 34.4. The molecule has 8 N–H and O–H groups in total. The number of unbranched alkanes of at least 4 members (excludes halogenated alkanes) is 4. The molecule has 0 saturated heterocycles. The molecule has 2 aliphatic heterocycles. The van der Waals surface area contributed by atoms with E-state index in [4.69, 9.17) is 22.9 Å². The molecule has 4 heterocycles. The Morgan fingerprint density at radius 3 is 1.29 bits per heavy atom. The number of allylic oxidation sites excluding steroid dienone is 4. The summed E-state index contributed by atoms with van der Waals surface area (Å²) in [5.74, 6) is 0. The second kappa shape index (κ2) is 17.7. The van der Waals surface area contributed by atoms with Crippen LogP contribution < -0.4 is 41.9 Å². The van der Waals surface area contributed by atoms with Crippen LogP contribution in [0.4, 0.5) is 11.4 Å². The number of anilines is 2. The maximum absolute atomic E-state index is 6.63. The average Bonchev–Trinajstić information content (AvgIpc) is 3.78. The minimum absolute atomic E-state index is 0.371. The summed E-state index contributed by atoms with van der Waals surface area (Å²) in [7, 11) is 4.28. The van der Waals surface area contributed by atoms with Crippen LogP contribution >= 0.6 is 22.7 Å². The molecule has 0 amide bonds. The third-order valence-corrected chi connectivity index (χ3v) is 15.0. The van der Waals surface area contributed by atoms with Gasteiger partial charge in [-0.2, -0.15) is 9.13 Å². The van der Waals surface area contributed by atoms with Crippen molar-refractivity contribution in [2.75, 3.05) is 36.0 Å². The van der Waals surface area contributed by atoms with Crippen molar-refractivity contribution in [2.24, 2.45) is 37.0 Å². The van der Waals surface area contributed by atoms with Crippen LogP contribution in [0.2, 0.25) is 0 Å². The lowest BCUT2D eigenvalue weighted by Gasteiger charge is -2.45. The number of aromatic nitrogens is 2. The lowest BCUT2D eigenvalue weighted by atomic mass is 9.86. The van der Waals surface area contributed by atoms with Gasteiger partial charge in [-0.05, 0) is 60.4 Å². The Kier molecular flexibility index (Phi) is 12.3. The Balaban J connectivity index is 0.907. The molecule has 0 aliphatic carbocycles. The Hall–Kier alpha value is -4.94. The molecule has 59 heavy (non-hydrogen) atoms. The molecule has 2 aliphatic rings. The van der Waals surface area contributed by atoms with E-state index in [-0.39, 0.29) is 11.1 Å². The smallest absolute Gasteiger partial charge is 0.263 e. The zero-order valence-electron chi connectivity index (χ0n) is 34.4. The zero-order chi connectivity index (χ0) is 41.0. The van der Waals surface area contributed by atoms with Gasteiger partial charge in [-0.25, -0.2) is 0 Å². The molecule has 0 bridgehead atoms. The Morgan fingerprint density at radius 2 is 0.881 bits per heavy atom. The van der Waals surface area contributed by atoms with Crippen molar-refractivity contribution in [3.63, 3.8) is 0 Å². The van der Waals surface area contributed by atoms with Gasteiger partial charge in [0.25, 0.3) is 10.0 Å². The molecule has 0 unspecified atom stereocenters. The fraction of sp³-hybridized carbons (Fsp3) is 0.306. The van der Waals surface area contributed by atoms with E-state index in [0.717, 1.165) is 56.3 Å². The SMILES string of the molecule is C[n+]1c(C=C2C=CN(C(CN)(CN)CCCCCCCC(CN)(CN)N3C=CC(=Cc4sc5ccccc5[n+]4C)c4ccccc43)c3ccccc32)sc2ccccc21. The van der Waals surface area contributed by atoms with Crippen LogP contribution in [0, 0.1) is 0 Å². The van der Waals surface area contributed by atoms with Gasteiger partial charge >= 0.3 is 0 Å². The van der Waals surface area contributed by atoms with E-state index in [0.29, 0.717) is 26.2 Å². The van der Waals surface area contributed by atoms with Crippen LogP contribution in [0.5, 0.6) is 0 Å². The molecule has 0 saturated carbocycles. The van der Waals surface area contributed by atoms with E-state index in [2.05, 4.69) is 167 Å². The van der Waals surface area contributed by atoms with E-state index >= 15 is 0 Å². The number of fused-ring (bicyclic) bond motifs is 4. The summed E-state index contributed by atoms with van der Waals surface area (Å²) in [4.78, 5) is 4.71. The van der Waals surface area contributed by atoms with Crippen molar-refractivity contribution in [3.05, 3.63) is 143 Å². The zero-order valence-corrected chi connectivity index (χ0v) is 36.0. The van der Waals surface area contributed by atoms with Gasteiger partial charge in [0.05, 0.1) is 11.1 Å². The van der Waals surface area contributed by atoms with Gasteiger partial charge in [0.2, 0.25) is 11.0 Å². The van der Waals surface area contributed by atoms with Crippen LogP contribution in [0.15, 0.2) is 122 Å².